The number of hydrogen-bond acceptors (Lipinski definition) is 4. The molecule has 0 radical (unpaired) electrons. The van der Waals surface area contributed by atoms with Gasteiger partial charge in [0.05, 0.1) is 17.4 Å². The lowest BCUT2D eigenvalue weighted by Crippen LogP contribution is -2.44. The summed E-state index contributed by atoms with van der Waals surface area (Å²) in [4.78, 5) is 18.9. The summed E-state index contributed by atoms with van der Waals surface area (Å²) < 4.78 is 51.7. The summed E-state index contributed by atoms with van der Waals surface area (Å²) in [6, 6.07) is 3.89. The number of primary amides is 1. The number of nitrogens with zero attached hydrogens (tertiary/aromatic N) is 2. The van der Waals surface area contributed by atoms with Gasteiger partial charge in [-0.15, -0.1) is 0 Å². The van der Waals surface area contributed by atoms with Crippen molar-refractivity contribution in [3.63, 3.8) is 0 Å². The number of alkyl halides is 3. The first-order valence-corrected chi connectivity index (χ1v) is 7.81. The van der Waals surface area contributed by atoms with Crippen molar-refractivity contribution in [1.29, 1.82) is 0 Å². The fourth-order valence-electron chi connectivity index (χ4n) is 2.35. The summed E-state index contributed by atoms with van der Waals surface area (Å²) in [7, 11) is 0. The van der Waals surface area contributed by atoms with Crippen LogP contribution in [0.25, 0.3) is 11.3 Å². The van der Waals surface area contributed by atoms with Crippen molar-refractivity contribution in [2.45, 2.75) is 32.6 Å². The van der Waals surface area contributed by atoms with E-state index in [0.29, 0.717) is 5.56 Å². The summed E-state index contributed by atoms with van der Waals surface area (Å²) in [5.74, 6) is -1.27. The summed E-state index contributed by atoms with van der Waals surface area (Å²) in [5, 5.41) is 2.84. The number of amides is 1. The number of rotatable bonds is 6. The highest BCUT2D eigenvalue weighted by atomic mass is 19.4. The van der Waals surface area contributed by atoms with E-state index in [1.165, 1.54) is 12.1 Å². The zero-order valence-electron chi connectivity index (χ0n) is 14.1. The number of hydrogen-bond donors (Lipinski definition) is 2. The zero-order chi connectivity index (χ0) is 19.5. The first kappa shape index (κ1) is 19.8. The average Bonchev–Trinajstić information content (AvgIpc) is 2.55. The van der Waals surface area contributed by atoms with Crippen molar-refractivity contribution in [2.75, 3.05) is 0 Å². The van der Waals surface area contributed by atoms with Crippen LogP contribution in [0.1, 0.15) is 25.2 Å². The molecule has 0 saturated heterocycles. The molecule has 5 nitrogen and oxygen atoms in total. The van der Waals surface area contributed by atoms with Gasteiger partial charge >= 0.3 is 6.18 Å². The zero-order valence-corrected chi connectivity index (χ0v) is 14.1. The quantitative estimate of drug-likeness (QED) is 0.766. The van der Waals surface area contributed by atoms with Gasteiger partial charge in [-0.1, -0.05) is 13.8 Å². The van der Waals surface area contributed by atoms with Gasteiger partial charge in [0.15, 0.2) is 0 Å². The lowest BCUT2D eigenvalue weighted by atomic mass is 10.0. The molecule has 3 N–H and O–H groups in total. The van der Waals surface area contributed by atoms with E-state index in [9.17, 15) is 22.4 Å². The Bertz CT molecular complexity index is 775. The van der Waals surface area contributed by atoms with Crippen molar-refractivity contribution in [3.05, 3.63) is 47.7 Å². The molecule has 0 aliphatic heterocycles. The summed E-state index contributed by atoms with van der Waals surface area (Å²) in [6.07, 6.45) is -3.51. The Morgan fingerprint density at radius 2 is 1.92 bits per heavy atom. The number of carbonyl (C=O) groups excluding carboxylic acids is 1. The number of aromatic nitrogens is 2. The monoisotopic (exact) mass is 370 g/mol. The molecule has 0 aliphatic carbocycles. The van der Waals surface area contributed by atoms with Crippen LogP contribution in [0, 0.1) is 11.7 Å². The fraction of sp³-hybridized carbons (Fsp3) is 0.353. The third-order valence-electron chi connectivity index (χ3n) is 3.73. The Labute approximate surface area is 147 Å². The molecule has 0 saturated carbocycles. The molecule has 1 amide bonds. The molecular weight excluding hydrogens is 352 g/mol. The molecule has 140 valence electrons. The lowest BCUT2D eigenvalue weighted by molar-refractivity contribution is -0.141. The van der Waals surface area contributed by atoms with E-state index in [1.54, 1.807) is 13.8 Å². The normalized spacial score (nSPS) is 13.0. The third-order valence-corrected chi connectivity index (χ3v) is 3.73. The highest BCUT2D eigenvalue weighted by molar-refractivity contribution is 5.80. The highest BCUT2D eigenvalue weighted by Crippen LogP contribution is 2.28. The second kappa shape index (κ2) is 7.77. The smallest absolute Gasteiger partial charge is 0.368 e. The molecular formula is C17H18F4N4O. The van der Waals surface area contributed by atoms with E-state index in [1.807, 2.05) is 0 Å². The van der Waals surface area contributed by atoms with Gasteiger partial charge in [0.1, 0.15) is 11.5 Å². The number of nitrogens with two attached hydrogens (primary N) is 1. The fourth-order valence-corrected chi connectivity index (χ4v) is 2.35. The van der Waals surface area contributed by atoms with E-state index >= 15 is 0 Å². The van der Waals surface area contributed by atoms with Crippen molar-refractivity contribution in [3.8, 4) is 11.3 Å². The maximum atomic E-state index is 14.0. The predicted octanol–water partition coefficient (Wildman–Crippen LogP) is 2.90. The number of carbonyl (C=O) groups is 1. The molecule has 26 heavy (non-hydrogen) atoms. The van der Waals surface area contributed by atoms with Gasteiger partial charge in [-0.2, -0.15) is 13.2 Å². The minimum absolute atomic E-state index is 0.0225. The highest BCUT2D eigenvalue weighted by Gasteiger charge is 2.32. The molecule has 2 rings (SSSR count). The number of pyridine rings is 2. The van der Waals surface area contributed by atoms with Crippen molar-refractivity contribution >= 4 is 5.91 Å². The van der Waals surface area contributed by atoms with Gasteiger partial charge in [-0.3, -0.25) is 15.1 Å². The van der Waals surface area contributed by atoms with Crippen LogP contribution in [0.4, 0.5) is 17.6 Å². The third kappa shape index (κ3) is 4.75. The minimum Gasteiger partial charge on any atom is -0.368 e. The molecule has 0 unspecified atom stereocenters. The molecule has 2 heterocycles. The van der Waals surface area contributed by atoms with Crippen molar-refractivity contribution in [1.82, 2.24) is 15.3 Å². The predicted molar refractivity (Wildman–Crippen MR) is 87.1 cm³/mol. The molecule has 9 heteroatoms. The Morgan fingerprint density at radius 3 is 2.42 bits per heavy atom. The van der Waals surface area contributed by atoms with E-state index in [0.717, 1.165) is 18.3 Å². The number of halogens is 4. The molecule has 0 fully saturated rings. The Kier molecular flexibility index (Phi) is 5.91. The largest absolute Gasteiger partial charge is 0.433 e. The van der Waals surface area contributed by atoms with E-state index in [2.05, 4.69) is 15.3 Å². The molecule has 0 aromatic carbocycles. The van der Waals surface area contributed by atoms with Gasteiger partial charge < -0.3 is 5.73 Å². The van der Waals surface area contributed by atoms with Crippen LogP contribution in [0.2, 0.25) is 0 Å². The van der Waals surface area contributed by atoms with Crippen LogP contribution < -0.4 is 11.1 Å². The van der Waals surface area contributed by atoms with Crippen LogP contribution in [0.5, 0.6) is 0 Å². The maximum Gasteiger partial charge on any atom is 0.433 e. The van der Waals surface area contributed by atoms with Gasteiger partial charge in [-0.25, -0.2) is 9.37 Å². The average molecular weight is 370 g/mol. The summed E-state index contributed by atoms with van der Waals surface area (Å²) >= 11 is 0. The lowest BCUT2D eigenvalue weighted by Gasteiger charge is -2.19. The molecule has 2 aromatic rings. The topological polar surface area (TPSA) is 80.9 Å². The Hall–Kier alpha value is -2.55. The summed E-state index contributed by atoms with van der Waals surface area (Å²) in [6.45, 7) is 3.52. The summed E-state index contributed by atoms with van der Waals surface area (Å²) in [5.41, 5.74) is 4.88. The second-order valence-corrected chi connectivity index (χ2v) is 6.06. The van der Waals surface area contributed by atoms with Crippen LogP contribution in [-0.4, -0.2) is 21.9 Å². The molecule has 0 bridgehead atoms. The Balaban J connectivity index is 2.23. The minimum atomic E-state index is -4.54. The van der Waals surface area contributed by atoms with Crippen LogP contribution >= 0.6 is 0 Å². The first-order chi connectivity index (χ1) is 12.1. The number of nitrogens with one attached hydrogen (secondary N) is 1. The standard InChI is InChI=1S/C17H18F4N4O/c1-9(2)15(16(22)26)24-8-13-11(18)4-5-12(25-13)10-3-6-14(23-7-10)17(19,20)21/h3-7,9,15,24H,8H2,1-2H3,(H2,22,26)/t15-/m1/s1. The molecule has 0 spiro atoms. The molecule has 0 aliphatic rings. The van der Waals surface area contributed by atoms with E-state index in [4.69, 9.17) is 5.73 Å². The van der Waals surface area contributed by atoms with Crippen molar-refractivity contribution < 1.29 is 22.4 Å². The van der Waals surface area contributed by atoms with Gasteiger partial charge in [0.25, 0.3) is 0 Å². The van der Waals surface area contributed by atoms with Gasteiger partial charge in [0, 0.05) is 18.3 Å². The van der Waals surface area contributed by atoms with E-state index in [-0.39, 0.29) is 23.9 Å². The first-order valence-electron chi connectivity index (χ1n) is 7.81. The van der Waals surface area contributed by atoms with Crippen molar-refractivity contribution in [2.24, 2.45) is 11.7 Å². The van der Waals surface area contributed by atoms with Gasteiger partial charge in [-0.05, 0) is 30.2 Å². The van der Waals surface area contributed by atoms with Crippen LogP contribution in [0.3, 0.4) is 0 Å². The molecule has 2 aromatic heterocycles. The Morgan fingerprint density at radius 1 is 1.23 bits per heavy atom. The van der Waals surface area contributed by atoms with E-state index < -0.39 is 29.6 Å². The second-order valence-electron chi connectivity index (χ2n) is 6.06. The van der Waals surface area contributed by atoms with Gasteiger partial charge in [0.2, 0.25) is 5.91 Å². The van der Waals surface area contributed by atoms with Crippen LogP contribution in [-0.2, 0) is 17.5 Å². The maximum absolute atomic E-state index is 14.0. The SMILES string of the molecule is CC(C)[C@@H](NCc1nc(-c2ccc(C(F)(F)F)nc2)ccc1F)C(N)=O. The molecule has 1 atom stereocenters. The van der Waals surface area contributed by atoms with Crippen LogP contribution in [0.15, 0.2) is 30.5 Å².